The number of methoxy groups -OCH3 is 1. The van der Waals surface area contributed by atoms with Crippen molar-refractivity contribution < 1.29 is 14.3 Å². The van der Waals surface area contributed by atoms with Crippen LogP contribution in [0.4, 0.5) is 0 Å². The summed E-state index contributed by atoms with van der Waals surface area (Å²) in [4.78, 5) is 27.5. The minimum atomic E-state index is 0.0452. The number of carbonyl (C=O) groups excluding carboxylic acids is 2. The normalized spacial score (nSPS) is 20.0. The fourth-order valence-corrected chi connectivity index (χ4v) is 5.99. The van der Waals surface area contributed by atoms with Crippen molar-refractivity contribution >= 4 is 11.7 Å². The lowest BCUT2D eigenvalue weighted by Crippen LogP contribution is -2.38. The minimum absolute atomic E-state index is 0.0452. The van der Waals surface area contributed by atoms with E-state index in [0.29, 0.717) is 12.5 Å². The Balaban J connectivity index is 1.12. The van der Waals surface area contributed by atoms with E-state index in [2.05, 4.69) is 34.5 Å². The molecule has 2 aromatic rings. The Labute approximate surface area is 229 Å². The van der Waals surface area contributed by atoms with Crippen molar-refractivity contribution in [2.24, 2.45) is 11.8 Å². The SMILES string of the molecule is COc1ccc(CCCC(=O)NC2CCC(CCN3CCc4ccc(C(=O)C(C)C)cc4CC3)CC2)cc1. The highest BCUT2D eigenvalue weighted by Gasteiger charge is 2.23. The van der Waals surface area contributed by atoms with E-state index >= 15 is 0 Å². The molecule has 5 heteroatoms. The summed E-state index contributed by atoms with van der Waals surface area (Å²) in [6.45, 7) is 7.28. The van der Waals surface area contributed by atoms with E-state index in [0.717, 1.165) is 75.4 Å². The molecule has 1 aliphatic heterocycles. The monoisotopic (exact) mass is 518 g/mol. The van der Waals surface area contributed by atoms with Crippen molar-refractivity contribution in [3.63, 3.8) is 0 Å². The number of amides is 1. The molecule has 206 valence electrons. The van der Waals surface area contributed by atoms with Crippen molar-refractivity contribution in [1.29, 1.82) is 0 Å². The van der Waals surface area contributed by atoms with Gasteiger partial charge in [-0.15, -0.1) is 0 Å². The number of ketones is 1. The maximum absolute atomic E-state index is 12.5. The van der Waals surface area contributed by atoms with Crippen LogP contribution < -0.4 is 10.1 Å². The number of carbonyl (C=O) groups is 2. The van der Waals surface area contributed by atoms with E-state index in [-0.39, 0.29) is 17.6 Å². The van der Waals surface area contributed by atoms with E-state index in [1.807, 2.05) is 32.0 Å². The van der Waals surface area contributed by atoms with Gasteiger partial charge in [-0.1, -0.05) is 38.1 Å². The molecule has 0 aromatic heterocycles. The summed E-state index contributed by atoms with van der Waals surface area (Å²) in [5, 5.41) is 3.29. The predicted molar refractivity (Wildman–Crippen MR) is 154 cm³/mol. The highest BCUT2D eigenvalue weighted by Crippen LogP contribution is 2.28. The maximum atomic E-state index is 12.5. The highest BCUT2D eigenvalue weighted by molar-refractivity contribution is 5.97. The molecule has 0 radical (unpaired) electrons. The van der Waals surface area contributed by atoms with Gasteiger partial charge < -0.3 is 15.0 Å². The summed E-state index contributed by atoms with van der Waals surface area (Å²) in [6, 6.07) is 14.8. The summed E-state index contributed by atoms with van der Waals surface area (Å²) in [5.74, 6) is 2.12. The van der Waals surface area contributed by atoms with Crippen LogP contribution in [0.5, 0.6) is 5.75 Å². The third-order valence-electron chi connectivity index (χ3n) is 8.50. The molecule has 1 aliphatic carbocycles. The molecule has 1 amide bonds. The van der Waals surface area contributed by atoms with Gasteiger partial charge in [-0.2, -0.15) is 0 Å². The van der Waals surface area contributed by atoms with Crippen molar-refractivity contribution in [3.05, 3.63) is 64.7 Å². The summed E-state index contributed by atoms with van der Waals surface area (Å²) in [6.07, 6.45) is 10.4. The fourth-order valence-electron chi connectivity index (χ4n) is 5.99. The second-order valence-electron chi connectivity index (χ2n) is 11.6. The van der Waals surface area contributed by atoms with Gasteiger partial charge in [-0.3, -0.25) is 9.59 Å². The summed E-state index contributed by atoms with van der Waals surface area (Å²) in [7, 11) is 1.68. The second kappa shape index (κ2) is 13.9. The molecular formula is C33H46N2O3. The van der Waals surface area contributed by atoms with Crippen molar-refractivity contribution in [3.8, 4) is 5.75 Å². The molecule has 0 spiro atoms. The molecule has 1 fully saturated rings. The number of fused-ring (bicyclic) bond motifs is 1. The van der Waals surface area contributed by atoms with Crippen LogP contribution in [0.1, 0.15) is 85.8 Å². The Morgan fingerprint density at radius 1 is 0.974 bits per heavy atom. The Kier molecular flexibility index (Phi) is 10.4. The lowest BCUT2D eigenvalue weighted by Gasteiger charge is -2.30. The average molecular weight is 519 g/mol. The Morgan fingerprint density at radius 2 is 1.68 bits per heavy atom. The van der Waals surface area contributed by atoms with E-state index in [4.69, 9.17) is 4.74 Å². The Hall–Kier alpha value is -2.66. The topological polar surface area (TPSA) is 58.6 Å². The summed E-state index contributed by atoms with van der Waals surface area (Å²) in [5.41, 5.74) is 4.89. The lowest BCUT2D eigenvalue weighted by molar-refractivity contribution is -0.122. The standard InChI is InChI=1S/C33H46N2O3/c1-24(2)33(37)29-12-11-27-18-21-35(22-19-28(27)23-29)20-17-26-7-13-30(14-8-26)34-32(36)6-4-5-25-9-15-31(38-3)16-10-25/h9-12,15-16,23-24,26,30H,4-8,13-14,17-22H2,1-3H3,(H,34,36). The van der Waals surface area contributed by atoms with Gasteiger partial charge in [0, 0.05) is 37.0 Å². The smallest absolute Gasteiger partial charge is 0.220 e. The molecule has 4 rings (SSSR count). The number of benzene rings is 2. The number of aryl methyl sites for hydroxylation is 1. The first-order valence-electron chi connectivity index (χ1n) is 14.7. The lowest BCUT2D eigenvalue weighted by atomic mass is 9.84. The average Bonchev–Trinajstić information content (AvgIpc) is 3.14. The Morgan fingerprint density at radius 3 is 2.37 bits per heavy atom. The van der Waals surface area contributed by atoms with Crippen LogP contribution in [0.2, 0.25) is 0 Å². The first-order valence-corrected chi connectivity index (χ1v) is 14.7. The van der Waals surface area contributed by atoms with Crippen LogP contribution in [0.3, 0.4) is 0 Å². The van der Waals surface area contributed by atoms with E-state index in [1.54, 1.807) is 7.11 Å². The van der Waals surface area contributed by atoms with Crippen molar-refractivity contribution in [2.75, 3.05) is 26.7 Å². The molecule has 1 saturated carbocycles. The number of nitrogens with one attached hydrogen (secondary N) is 1. The molecule has 0 bridgehead atoms. The van der Waals surface area contributed by atoms with Crippen LogP contribution in [-0.2, 0) is 24.1 Å². The van der Waals surface area contributed by atoms with E-state index in [9.17, 15) is 9.59 Å². The van der Waals surface area contributed by atoms with E-state index < -0.39 is 0 Å². The molecule has 2 aromatic carbocycles. The highest BCUT2D eigenvalue weighted by atomic mass is 16.5. The molecule has 0 unspecified atom stereocenters. The van der Waals surface area contributed by atoms with Crippen LogP contribution >= 0.6 is 0 Å². The van der Waals surface area contributed by atoms with Crippen molar-refractivity contribution in [1.82, 2.24) is 10.2 Å². The molecule has 0 saturated heterocycles. The first kappa shape index (κ1) is 28.4. The number of nitrogens with zero attached hydrogens (tertiary/aromatic N) is 1. The van der Waals surface area contributed by atoms with Gasteiger partial charge in [0.2, 0.25) is 5.91 Å². The summed E-state index contributed by atoms with van der Waals surface area (Å²) < 4.78 is 5.21. The molecule has 1 N–H and O–H groups in total. The number of hydrogen-bond acceptors (Lipinski definition) is 4. The maximum Gasteiger partial charge on any atom is 0.220 e. The number of hydrogen-bond donors (Lipinski definition) is 1. The van der Waals surface area contributed by atoms with Gasteiger partial charge in [-0.05, 0) is 105 Å². The van der Waals surface area contributed by atoms with Crippen LogP contribution in [0.25, 0.3) is 0 Å². The zero-order valence-corrected chi connectivity index (χ0v) is 23.6. The first-order chi connectivity index (χ1) is 18.4. The summed E-state index contributed by atoms with van der Waals surface area (Å²) >= 11 is 0. The number of Topliss-reactive ketones (excluding diaryl/α,β-unsaturated/α-hetero) is 1. The predicted octanol–water partition coefficient (Wildman–Crippen LogP) is 6.02. The fraction of sp³-hybridized carbons (Fsp3) is 0.576. The second-order valence-corrected chi connectivity index (χ2v) is 11.6. The molecule has 2 aliphatic rings. The zero-order chi connectivity index (χ0) is 26.9. The molecular weight excluding hydrogens is 472 g/mol. The third kappa shape index (κ3) is 8.17. The van der Waals surface area contributed by atoms with Gasteiger partial charge in [-0.25, -0.2) is 0 Å². The molecule has 1 heterocycles. The van der Waals surface area contributed by atoms with Crippen molar-refractivity contribution in [2.45, 2.75) is 84.1 Å². The number of ether oxygens (including phenoxy) is 1. The van der Waals surface area contributed by atoms with Crippen LogP contribution in [0, 0.1) is 11.8 Å². The largest absolute Gasteiger partial charge is 0.497 e. The molecule has 5 nitrogen and oxygen atoms in total. The van der Waals surface area contributed by atoms with Crippen LogP contribution in [0.15, 0.2) is 42.5 Å². The van der Waals surface area contributed by atoms with E-state index in [1.165, 1.54) is 36.0 Å². The number of rotatable bonds is 11. The Bertz CT molecular complexity index is 1050. The molecule has 38 heavy (non-hydrogen) atoms. The zero-order valence-electron chi connectivity index (χ0n) is 23.6. The van der Waals surface area contributed by atoms with Gasteiger partial charge in [0.1, 0.15) is 5.75 Å². The third-order valence-corrected chi connectivity index (χ3v) is 8.50. The quantitative estimate of drug-likeness (QED) is 0.370. The van der Waals surface area contributed by atoms with Crippen LogP contribution in [-0.4, -0.2) is 49.4 Å². The van der Waals surface area contributed by atoms with Gasteiger partial charge >= 0.3 is 0 Å². The minimum Gasteiger partial charge on any atom is -0.497 e. The molecule has 0 atom stereocenters. The van der Waals surface area contributed by atoms with Gasteiger partial charge in [0.05, 0.1) is 7.11 Å². The van der Waals surface area contributed by atoms with Gasteiger partial charge in [0.15, 0.2) is 5.78 Å². The van der Waals surface area contributed by atoms with Gasteiger partial charge in [0.25, 0.3) is 0 Å².